The van der Waals surface area contributed by atoms with E-state index in [1.807, 2.05) is 18.7 Å². The predicted molar refractivity (Wildman–Crippen MR) is 67.3 cm³/mol. The first-order valence-corrected chi connectivity index (χ1v) is 6.52. The molecular formula is C13H23N3O. The first kappa shape index (κ1) is 14.0. The van der Waals surface area contributed by atoms with Gasteiger partial charge in [0, 0.05) is 19.0 Å². The number of carbonyl (C=O) groups is 1. The third-order valence-electron chi connectivity index (χ3n) is 3.34. The molecule has 0 saturated carbocycles. The summed E-state index contributed by atoms with van der Waals surface area (Å²) in [6, 6.07) is 2.29. The van der Waals surface area contributed by atoms with Gasteiger partial charge in [0.2, 0.25) is 5.91 Å². The van der Waals surface area contributed by atoms with E-state index in [-0.39, 0.29) is 11.9 Å². The molecule has 1 saturated heterocycles. The number of carbonyl (C=O) groups excluding carboxylic acids is 1. The van der Waals surface area contributed by atoms with Crippen LogP contribution in [0.2, 0.25) is 0 Å². The van der Waals surface area contributed by atoms with E-state index < -0.39 is 0 Å². The van der Waals surface area contributed by atoms with Crippen molar-refractivity contribution >= 4 is 5.91 Å². The highest BCUT2D eigenvalue weighted by atomic mass is 16.2. The Labute approximate surface area is 104 Å². The smallest absolute Gasteiger partial charge is 0.222 e. The molecule has 1 aliphatic heterocycles. The minimum Gasteiger partial charge on any atom is -0.339 e. The number of rotatable bonds is 6. The van der Waals surface area contributed by atoms with E-state index in [2.05, 4.69) is 11.4 Å². The average Bonchev–Trinajstić information content (AvgIpc) is 2.79. The molecule has 1 aliphatic rings. The zero-order chi connectivity index (χ0) is 12.7. The van der Waals surface area contributed by atoms with Crippen molar-refractivity contribution in [2.24, 2.45) is 5.92 Å². The maximum absolute atomic E-state index is 12.0. The van der Waals surface area contributed by atoms with Gasteiger partial charge >= 0.3 is 0 Å². The van der Waals surface area contributed by atoms with Gasteiger partial charge in [0.25, 0.3) is 0 Å². The monoisotopic (exact) mass is 237 g/mol. The van der Waals surface area contributed by atoms with Gasteiger partial charge < -0.3 is 10.2 Å². The van der Waals surface area contributed by atoms with Crippen LogP contribution in [0.1, 0.15) is 39.5 Å². The molecule has 1 heterocycles. The van der Waals surface area contributed by atoms with Gasteiger partial charge in [-0.05, 0) is 45.7 Å². The lowest BCUT2D eigenvalue weighted by molar-refractivity contribution is -0.133. The topological polar surface area (TPSA) is 56.1 Å². The number of nitriles is 1. The molecule has 0 aromatic rings. The SMILES string of the molecule is CC(C)N(CCC#N)C(=O)CCC1CCNC1. The van der Waals surface area contributed by atoms with Crippen LogP contribution in [0.3, 0.4) is 0 Å². The maximum atomic E-state index is 12.0. The lowest BCUT2D eigenvalue weighted by Crippen LogP contribution is -2.37. The summed E-state index contributed by atoms with van der Waals surface area (Å²) in [4.78, 5) is 13.9. The number of nitrogens with one attached hydrogen (secondary N) is 1. The molecule has 1 atom stereocenters. The lowest BCUT2D eigenvalue weighted by atomic mass is 10.0. The van der Waals surface area contributed by atoms with Gasteiger partial charge in [0.1, 0.15) is 0 Å². The van der Waals surface area contributed by atoms with Crippen molar-refractivity contribution in [2.75, 3.05) is 19.6 Å². The number of hydrogen-bond donors (Lipinski definition) is 1. The average molecular weight is 237 g/mol. The van der Waals surface area contributed by atoms with E-state index in [0.29, 0.717) is 25.3 Å². The molecule has 0 aromatic carbocycles. The predicted octanol–water partition coefficient (Wildman–Crippen LogP) is 1.53. The molecule has 0 spiro atoms. The van der Waals surface area contributed by atoms with Gasteiger partial charge in [-0.3, -0.25) is 4.79 Å². The summed E-state index contributed by atoms with van der Waals surface area (Å²) < 4.78 is 0. The summed E-state index contributed by atoms with van der Waals surface area (Å²) in [5.74, 6) is 0.853. The van der Waals surface area contributed by atoms with E-state index >= 15 is 0 Å². The van der Waals surface area contributed by atoms with Crippen molar-refractivity contribution in [2.45, 2.75) is 45.6 Å². The quantitative estimate of drug-likeness (QED) is 0.762. The van der Waals surface area contributed by atoms with Crippen molar-refractivity contribution in [1.82, 2.24) is 10.2 Å². The summed E-state index contributed by atoms with van der Waals surface area (Å²) >= 11 is 0. The number of hydrogen-bond acceptors (Lipinski definition) is 3. The van der Waals surface area contributed by atoms with Gasteiger partial charge in [-0.2, -0.15) is 5.26 Å². The van der Waals surface area contributed by atoms with E-state index in [0.717, 1.165) is 19.5 Å². The first-order chi connectivity index (χ1) is 8.15. The summed E-state index contributed by atoms with van der Waals surface area (Å²) in [5.41, 5.74) is 0. The normalized spacial score (nSPS) is 19.3. The van der Waals surface area contributed by atoms with Gasteiger partial charge in [-0.25, -0.2) is 0 Å². The Bertz CT molecular complexity index is 277. The summed E-state index contributed by atoms with van der Waals surface area (Å²) in [6.07, 6.45) is 3.21. The summed E-state index contributed by atoms with van der Waals surface area (Å²) in [5, 5.41) is 11.9. The molecule has 0 aliphatic carbocycles. The molecular weight excluding hydrogens is 214 g/mol. The second-order valence-corrected chi connectivity index (χ2v) is 4.99. The van der Waals surface area contributed by atoms with Crippen LogP contribution in [0.4, 0.5) is 0 Å². The van der Waals surface area contributed by atoms with Gasteiger partial charge in [0.05, 0.1) is 12.5 Å². The number of nitrogens with zero attached hydrogens (tertiary/aromatic N) is 2. The standard InChI is InChI=1S/C13H23N3O/c1-11(2)16(9-3-7-14)13(17)5-4-12-6-8-15-10-12/h11-12,15H,3-6,8-10H2,1-2H3. The Morgan fingerprint density at radius 2 is 2.35 bits per heavy atom. The summed E-state index contributed by atoms with van der Waals surface area (Å²) in [7, 11) is 0. The van der Waals surface area contributed by atoms with Crippen LogP contribution in [0.5, 0.6) is 0 Å². The van der Waals surface area contributed by atoms with Crippen LogP contribution in [0, 0.1) is 17.2 Å². The van der Waals surface area contributed by atoms with Crippen molar-refractivity contribution in [1.29, 1.82) is 5.26 Å². The molecule has 1 unspecified atom stereocenters. The summed E-state index contributed by atoms with van der Waals surface area (Å²) in [6.45, 7) is 6.71. The van der Waals surface area contributed by atoms with Crippen molar-refractivity contribution in [3.63, 3.8) is 0 Å². The Hall–Kier alpha value is -1.08. The Morgan fingerprint density at radius 3 is 2.88 bits per heavy atom. The van der Waals surface area contributed by atoms with Crippen LogP contribution in [-0.2, 0) is 4.79 Å². The van der Waals surface area contributed by atoms with Crippen LogP contribution >= 0.6 is 0 Å². The molecule has 1 N–H and O–H groups in total. The number of amides is 1. The molecule has 1 fully saturated rings. The fourth-order valence-corrected chi connectivity index (χ4v) is 2.27. The van der Waals surface area contributed by atoms with Crippen molar-refractivity contribution in [3.05, 3.63) is 0 Å². The zero-order valence-electron chi connectivity index (χ0n) is 10.9. The molecule has 0 radical (unpaired) electrons. The third-order valence-corrected chi connectivity index (χ3v) is 3.34. The highest BCUT2D eigenvalue weighted by Gasteiger charge is 2.20. The first-order valence-electron chi connectivity index (χ1n) is 6.52. The van der Waals surface area contributed by atoms with E-state index in [9.17, 15) is 4.79 Å². The Kier molecular flexibility index (Phi) is 5.99. The Morgan fingerprint density at radius 1 is 1.59 bits per heavy atom. The Balaban J connectivity index is 2.33. The van der Waals surface area contributed by atoms with Crippen LogP contribution in [0.15, 0.2) is 0 Å². The minimum atomic E-state index is 0.192. The molecule has 1 amide bonds. The molecule has 0 aromatic heterocycles. The fourth-order valence-electron chi connectivity index (χ4n) is 2.27. The molecule has 4 nitrogen and oxygen atoms in total. The lowest BCUT2D eigenvalue weighted by Gasteiger charge is -2.26. The van der Waals surface area contributed by atoms with E-state index in [1.54, 1.807) is 0 Å². The largest absolute Gasteiger partial charge is 0.339 e. The highest BCUT2D eigenvalue weighted by Crippen LogP contribution is 2.16. The molecule has 17 heavy (non-hydrogen) atoms. The minimum absolute atomic E-state index is 0.192. The second-order valence-electron chi connectivity index (χ2n) is 4.99. The van der Waals surface area contributed by atoms with Gasteiger partial charge in [-0.1, -0.05) is 0 Å². The molecule has 0 bridgehead atoms. The van der Waals surface area contributed by atoms with E-state index in [1.165, 1.54) is 6.42 Å². The zero-order valence-corrected chi connectivity index (χ0v) is 10.9. The van der Waals surface area contributed by atoms with Crippen molar-refractivity contribution in [3.8, 4) is 6.07 Å². The highest BCUT2D eigenvalue weighted by molar-refractivity contribution is 5.76. The molecule has 4 heteroatoms. The molecule has 96 valence electrons. The van der Waals surface area contributed by atoms with Gasteiger partial charge in [-0.15, -0.1) is 0 Å². The second kappa shape index (κ2) is 7.29. The van der Waals surface area contributed by atoms with E-state index in [4.69, 9.17) is 5.26 Å². The fraction of sp³-hybridized carbons (Fsp3) is 0.846. The maximum Gasteiger partial charge on any atom is 0.222 e. The van der Waals surface area contributed by atoms with Crippen LogP contribution in [-0.4, -0.2) is 36.5 Å². The van der Waals surface area contributed by atoms with Gasteiger partial charge in [0.15, 0.2) is 0 Å². The van der Waals surface area contributed by atoms with Crippen LogP contribution in [0.25, 0.3) is 0 Å². The third kappa shape index (κ3) is 4.74. The molecule has 1 rings (SSSR count). The van der Waals surface area contributed by atoms with Crippen LogP contribution < -0.4 is 5.32 Å². The van der Waals surface area contributed by atoms with Crippen molar-refractivity contribution < 1.29 is 4.79 Å².